The van der Waals surface area contributed by atoms with Gasteiger partial charge in [0.2, 0.25) is 0 Å². The highest BCUT2D eigenvalue weighted by Gasteiger charge is 2.04. The Morgan fingerprint density at radius 3 is 2.00 bits per heavy atom. The van der Waals surface area contributed by atoms with Crippen LogP contribution in [0.1, 0.15) is 72.1 Å². The summed E-state index contributed by atoms with van der Waals surface area (Å²) in [7, 11) is 0. The van der Waals surface area contributed by atoms with E-state index in [1.165, 1.54) is 38.5 Å². The van der Waals surface area contributed by atoms with Crippen LogP contribution in [0.25, 0.3) is 0 Å². The molecule has 3 heteroatoms. The van der Waals surface area contributed by atoms with Crippen molar-refractivity contribution in [3.8, 4) is 0 Å². The van der Waals surface area contributed by atoms with E-state index >= 15 is 0 Å². The van der Waals surface area contributed by atoms with Crippen LogP contribution >= 0.6 is 0 Å². The van der Waals surface area contributed by atoms with Crippen molar-refractivity contribution in [3.05, 3.63) is 0 Å². The third kappa shape index (κ3) is 13.3. The Labute approximate surface area is 112 Å². The lowest BCUT2D eigenvalue weighted by Crippen LogP contribution is -2.12. The molecular formula is C15H30O3. The smallest absolute Gasteiger partial charge is 0.434 e. The minimum absolute atomic E-state index is 0.362. The van der Waals surface area contributed by atoms with E-state index in [2.05, 4.69) is 6.92 Å². The Bertz CT molecular complexity index is 190. The largest absolute Gasteiger partial charge is 0.508 e. The van der Waals surface area contributed by atoms with Crippen LogP contribution in [-0.2, 0) is 9.47 Å². The molecule has 0 N–H and O–H groups in total. The molecule has 0 aromatic rings. The highest BCUT2D eigenvalue weighted by atomic mass is 16.7. The second kappa shape index (κ2) is 12.7. The summed E-state index contributed by atoms with van der Waals surface area (Å²) >= 11 is 0. The fourth-order valence-corrected chi connectivity index (χ4v) is 1.67. The van der Waals surface area contributed by atoms with Crippen molar-refractivity contribution in [2.24, 2.45) is 5.92 Å². The summed E-state index contributed by atoms with van der Waals surface area (Å²) < 4.78 is 9.89. The summed E-state index contributed by atoms with van der Waals surface area (Å²) in [4.78, 5) is 11.1. The zero-order valence-corrected chi connectivity index (χ0v) is 12.4. The summed E-state index contributed by atoms with van der Waals surface area (Å²) in [5.74, 6) is 0.362. The second-order valence-electron chi connectivity index (χ2n) is 5.28. The van der Waals surface area contributed by atoms with Crippen LogP contribution in [0, 0.1) is 5.92 Å². The van der Waals surface area contributed by atoms with Gasteiger partial charge in [-0.3, -0.25) is 0 Å². The maximum Gasteiger partial charge on any atom is 0.508 e. The molecule has 3 nitrogen and oxygen atoms in total. The third-order valence-electron chi connectivity index (χ3n) is 2.75. The van der Waals surface area contributed by atoms with E-state index in [4.69, 9.17) is 9.47 Å². The van der Waals surface area contributed by atoms with E-state index in [9.17, 15) is 4.79 Å². The van der Waals surface area contributed by atoms with Gasteiger partial charge in [-0.2, -0.15) is 0 Å². The lowest BCUT2D eigenvalue weighted by atomic mass is 10.1. The van der Waals surface area contributed by atoms with Gasteiger partial charge < -0.3 is 9.47 Å². The molecule has 0 rings (SSSR count). The van der Waals surface area contributed by atoms with Crippen molar-refractivity contribution in [1.82, 2.24) is 0 Å². The van der Waals surface area contributed by atoms with Crippen molar-refractivity contribution in [2.45, 2.75) is 72.1 Å². The van der Waals surface area contributed by atoms with Crippen LogP contribution in [0.5, 0.6) is 0 Å². The van der Waals surface area contributed by atoms with Crippen LogP contribution < -0.4 is 0 Å². The number of hydrogen-bond donors (Lipinski definition) is 0. The first-order chi connectivity index (χ1) is 8.66. The van der Waals surface area contributed by atoms with E-state index < -0.39 is 6.16 Å². The Hall–Kier alpha value is -0.730. The maximum absolute atomic E-state index is 11.1. The third-order valence-corrected chi connectivity index (χ3v) is 2.75. The first-order valence-corrected chi connectivity index (χ1v) is 7.46. The molecule has 18 heavy (non-hydrogen) atoms. The SMILES string of the molecule is CCCCCCCCCCOC(=O)OCC(C)C. The van der Waals surface area contributed by atoms with Gasteiger partial charge in [0, 0.05) is 0 Å². The number of rotatable bonds is 11. The highest BCUT2D eigenvalue weighted by molar-refractivity contribution is 5.59. The maximum atomic E-state index is 11.1. The molecule has 0 aliphatic carbocycles. The first kappa shape index (κ1) is 17.3. The van der Waals surface area contributed by atoms with E-state index in [0.717, 1.165) is 12.8 Å². The van der Waals surface area contributed by atoms with Crippen LogP contribution in [0.15, 0.2) is 0 Å². The number of hydrogen-bond acceptors (Lipinski definition) is 3. The second-order valence-corrected chi connectivity index (χ2v) is 5.28. The number of carbonyl (C=O) groups is 1. The van der Waals surface area contributed by atoms with Gasteiger partial charge in [-0.1, -0.05) is 65.7 Å². The molecule has 0 amide bonds. The van der Waals surface area contributed by atoms with Gasteiger partial charge in [0.05, 0.1) is 13.2 Å². The normalized spacial score (nSPS) is 10.7. The summed E-state index contributed by atoms with van der Waals surface area (Å²) in [5.41, 5.74) is 0. The van der Waals surface area contributed by atoms with Crippen molar-refractivity contribution >= 4 is 6.16 Å². The molecule has 108 valence electrons. The molecule has 0 fully saturated rings. The number of carbonyl (C=O) groups excluding carboxylic acids is 1. The molecule has 0 unspecified atom stereocenters. The molecule has 0 spiro atoms. The van der Waals surface area contributed by atoms with Crippen LogP contribution in [0.3, 0.4) is 0 Å². The molecule has 0 saturated carbocycles. The zero-order chi connectivity index (χ0) is 13.6. The van der Waals surface area contributed by atoms with Gasteiger partial charge in [-0.25, -0.2) is 4.79 Å². The lowest BCUT2D eigenvalue weighted by molar-refractivity contribution is 0.0465. The molecule has 0 aromatic carbocycles. The topological polar surface area (TPSA) is 35.5 Å². The minimum Gasteiger partial charge on any atom is -0.434 e. The molecule has 0 heterocycles. The summed E-state index contributed by atoms with van der Waals surface area (Å²) in [6.07, 6.45) is 9.46. The molecular weight excluding hydrogens is 228 g/mol. The average Bonchev–Trinajstić information content (AvgIpc) is 2.34. The highest BCUT2D eigenvalue weighted by Crippen LogP contribution is 2.08. The molecule has 0 bridgehead atoms. The van der Waals surface area contributed by atoms with E-state index in [-0.39, 0.29) is 0 Å². The number of ether oxygens (including phenoxy) is 2. The molecule has 0 aromatic heterocycles. The lowest BCUT2D eigenvalue weighted by Gasteiger charge is -2.07. The van der Waals surface area contributed by atoms with Gasteiger partial charge in [0.15, 0.2) is 0 Å². The summed E-state index contributed by atoms with van der Waals surface area (Å²) in [6.45, 7) is 7.18. The molecule has 0 radical (unpaired) electrons. The molecule has 0 aliphatic heterocycles. The predicted molar refractivity (Wildman–Crippen MR) is 74.7 cm³/mol. The summed E-state index contributed by atoms with van der Waals surface area (Å²) in [5, 5.41) is 0. The number of unbranched alkanes of at least 4 members (excludes halogenated alkanes) is 7. The predicted octanol–water partition coefficient (Wildman–Crippen LogP) is 4.94. The fraction of sp³-hybridized carbons (Fsp3) is 0.933. The summed E-state index contributed by atoms with van der Waals surface area (Å²) in [6, 6.07) is 0. The van der Waals surface area contributed by atoms with E-state index in [1.54, 1.807) is 0 Å². The minimum atomic E-state index is -0.522. The van der Waals surface area contributed by atoms with Gasteiger partial charge in [0.25, 0.3) is 0 Å². The fourth-order valence-electron chi connectivity index (χ4n) is 1.67. The van der Waals surface area contributed by atoms with Crippen molar-refractivity contribution in [3.63, 3.8) is 0 Å². The molecule has 0 saturated heterocycles. The van der Waals surface area contributed by atoms with Gasteiger partial charge in [-0.15, -0.1) is 0 Å². The van der Waals surface area contributed by atoms with Crippen molar-refractivity contribution in [1.29, 1.82) is 0 Å². The molecule has 0 atom stereocenters. The Morgan fingerprint density at radius 1 is 0.889 bits per heavy atom. The monoisotopic (exact) mass is 258 g/mol. The Balaban J connectivity index is 3.12. The van der Waals surface area contributed by atoms with Crippen LogP contribution in [0.2, 0.25) is 0 Å². The standard InChI is InChI=1S/C15H30O3/c1-4-5-6-7-8-9-10-11-12-17-15(16)18-13-14(2)3/h14H,4-13H2,1-3H3. The van der Waals surface area contributed by atoms with Gasteiger partial charge in [0.1, 0.15) is 0 Å². The average molecular weight is 258 g/mol. The van der Waals surface area contributed by atoms with Gasteiger partial charge >= 0.3 is 6.16 Å². The van der Waals surface area contributed by atoms with Crippen molar-refractivity contribution < 1.29 is 14.3 Å². The quantitative estimate of drug-likeness (QED) is 0.389. The Kier molecular flexibility index (Phi) is 12.2. The van der Waals surface area contributed by atoms with E-state index in [1.807, 2.05) is 13.8 Å². The first-order valence-electron chi connectivity index (χ1n) is 7.46. The zero-order valence-electron chi connectivity index (χ0n) is 12.4. The van der Waals surface area contributed by atoms with E-state index in [0.29, 0.717) is 19.1 Å². The Morgan fingerprint density at radius 2 is 1.44 bits per heavy atom. The van der Waals surface area contributed by atoms with Crippen LogP contribution in [-0.4, -0.2) is 19.4 Å². The molecule has 0 aliphatic rings. The van der Waals surface area contributed by atoms with Gasteiger partial charge in [-0.05, 0) is 12.3 Å². The van der Waals surface area contributed by atoms with Crippen LogP contribution in [0.4, 0.5) is 4.79 Å². The van der Waals surface area contributed by atoms with Crippen molar-refractivity contribution in [2.75, 3.05) is 13.2 Å².